The van der Waals surface area contributed by atoms with E-state index >= 15 is 0 Å². The first-order valence-electron chi connectivity index (χ1n) is 40.9. The van der Waals surface area contributed by atoms with Gasteiger partial charge in [0.2, 0.25) is 0 Å². The molecule has 0 fully saturated rings. The number of carboxylic acids is 1. The average Bonchev–Trinajstić information content (AvgIpc) is 0.982. The molecule has 764 valence electrons. The van der Waals surface area contributed by atoms with Crippen LogP contribution in [0.3, 0.4) is 0 Å². The number of unbranched alkanes of at least 4 members (excludes halogenated alkanes) is 40. The number of carboxylic acid groups (broad SMARTS) is 1. The van der Waals surface area contributed by atoms with Gasteiger partial charge in [-0.15, -0.1) is 14.7 Å². The van der Waals surface area contributed by atoms with Gasteiger partial charge in [0.05, 0.1) is 26.4 Å². The minimum atomic E-state index is -4.51. The fourth-order valence-electron chi connectivity index (χ4n) is 7.72. The second kappa shape index (κ2) is 158. The number of aliphatic hydroxyl groups excluding tert-OH is 4. The molecule has 0 aliphatic heterocycles. The van der Waals surface area contributed by atoms with Crippen LogP contribution >= 0.6 is 105 Å². The Bertz CT molecular complexity index is 2080. The first-order valence-corrected chi connectivity index (χ1v) is 59.8. The number of rotatable bonds is 60. The first kappa shape index (κ1) is 182. The summed E-state index contributed by atoms with van der Waals surface area (Å²) >= 11 is 0. The number of aliphatic carboxylic acids is 1. The van der Waals surface area contributed by atoms with Gasteiger partial charge < -0.3 is 96.5 Å². The van der Waals surface area contributed by atoms with Crippen LogP contribution in [0, 0.1) is 27.7 Å². The Morgan fingerprint density at radius 1 is 0.331 bits per heavy atom. The van der Waals surface area contributed by atoms with E-state index in [0.29, 0.717) is 13.2 Å². The van der Waals surface area contributed by atoms with Crippen LogP contribution in [0.5, 0.6) is 0 Å². The van der Waals surface area contributed by atoms with E-state index in [4.69, 9.17) is 83.4 Å². The van der Waals surface area contributed by atoms with E-state index in [9.17, 15) is 59.7 Å². The Labute approximate surface area is 839 Å². The second-order valence-corrected chi connectivity index (χ2v) is 40.0. The third-order valence-corrected chi connectivity index (χ3v) is 23.3. The molecule has 0 saturated heterocycles. The van der Waals surface area contributed by atoms with Gasteiger partial charge >= 0.3 is 133 Å². The molecule has 0 aromatic heterocycles. The van der Waals surface area contributed by atoms with Crippen LogP contribution in [0.15, 0.2) is 0 Å². The van der Waals surface area contributed by atoms with E-state index in [1.807, 2.05) is 0 Å². The van der Waals surface area contributed by atoms with Gasteiger partial charge in [0.1, 0.15) is 19.5 Å². The van der Waals surface area contributed by atoms with E-state index < -0.39 is 118 Å². The largest absolute Gasteiger partial charge is 4.00 e. The molecule has 15 N–H and O–H groups in total. The van der Waals surface area contributed by atoms with Crippen molar-refractivity contribution in [3.63, 3.8) is 0 Å². The standard InChI is InChI=1S/C26H55O3P.4C8H17.C3H8O.C2H4O3.C2H6O2.3CH4O5P2.3CH3O4P2.3CH4.4Ti/c1-3-5-7-9-11-13-15-17-19-21-23-25-28-30(27)29-26-24-22-20-18-16-14-12-10-8-6-4-2;4*1-3-5-7-8-6-4-2;1-3(2)4;3-1-2(4)5;3-1-2-4;3*1-7(2)6-8(3,4)5;3*1-6(2)5-7(3)4;;;;;;;/h27H,3-26H2,1-2H3;4*1,3-8H2,2H3;3-4H,1-2H3;3H,1H2,(H,4,5);3-4H,1-2H2;3*1H3,(H-,3,4,5);3*1H3;3*1H4;;;;/q;4*-1;;;;;;;3*+1;;;;;;;+4/p+6. The van der Waals surface area contributed by atoms with Gasteiger partial charge in [0.15, 0.2) is 40.0 Å². The Morgan fingerprint density at radius 3 is 0.543 bits per heavy atom. The monoisotopic (exact) mass is 2240 g/mol. The molecule has 36 nitrogen and oxygen atoms in total. The maximum absolute atomic E-state index is 9.89. The van der Waals surface area contributed by atoms with E-state index in [1.54, 1.807) is 13.8 Å². The molecule has 0 radical (unpaired) electrons. The molecule has 53 heteroatoms. The summed E-state index contributed by atoms with van der Waals surface area (Å²) in [5, 5.41) is 38.3. The first-order chi connectivity index (χ1) is 56.0. The maximum Gasteiger partial charge on any atom is 4.00 e. The number of phosphoric acid groups is 3. The zero-order valence-electron chi connectivity index (χ0n) is 77.1. The smallest absolute Gasteiger partial charge is 0.480 e. The summed E-state index contributed by atoms with van der Waals surface area (Å²) < 4.78 is 150. The van der Waals surface area contributed by atoms with Crippen molar-refractivity contribution in [3.05, 3.63) is 27.7 Å². The Balaban J connectivity index is -0.0000000526. The maximum atomic E-state index is 9.89. The van der Waals surface area contributed by atoms with Gasteiger partial charge in [-0.1, -0.05) is 321 Å². The van der Waals surface area contributed by atoms with Crippen LogP contribution < -0.4 is 0 Å². The predicted octanol–water partition coefficient (Wildman–Crippen LogP) is 27.4. The number of hydrogen-bond donors (Lipinski definition) is 15. The molecule has 127 heavy (non-hydrogen) atoms. The van der Waals surface area contributed by atoms with Crippen molar-refractivity contribution < 1.29 is 256 Å². The molecular formula is C74H180O36P13Ti4+9. The Hall–Kier alpha value is 3.47. The van der Waals surface area contributed by atoms with Gasteiger partial charge in [-0.25, -0.2) is 18.5 Å². The van der Waals surface area contributed by atoms with Gasteiger partial charge in [0.25, 0.3) is 0 Å². The third-order valence-electron chi connectivity index (χ3n) is 12.8. The summed E-state index contributed by atoms with van der Waals surface area (Å²) in [6.45, 7) is 39.1. The van der Waals surface area contributed by atoms with Crippen LogP contribution in [-0.4, -0.2) is 160 Å². The minimum absolute atomic E-state index is 0. The SMILES string of the molecule is C.C.C.CC(C)O.CCCCCCCCCCCCCOP(O)OCCCCCCCCCCCCC.C[P+](=O)OP(=O)(O)O.C[P+](=O)OP(=O)(O)O.C[P+](=O)OP(=O)(O)O.C[P+](=O)O[P+](=O)O.C[P+](=O)O[P+](=O)O.C[P+](=O)O[P+](=O)O.O=C(O)CO.OCCO.[CH2-]CCCCCCC.[CH2-]CCCCCCC.[CH2-]CCCCCCC.[CH2-]CCCCCCC.[Ti+4].[Ti].[Ti].[Ti]. The zero-order chi connectivity index (χ0) is 96.1. The van der Waals surface area contributed by atoms with E-state index in [2.05, 4.69) is 95.1 Å². The third kappa shape index (κ3) is 317. The summed E-state index contributed by atoms with van der Waals surface area (Å²) in [5.41, 5.74) is 0. The molecule has 0 aliphatic carbocycles. The molecule has 9 unspecified atom stereocenters. The van der Waals surface area contributed by atoms with Crippen molar-refractivity contribution in [2.24, 2.45) is 0 Å². The van der Waals surface area contributed by atoms with Gasteiger partial charge in [-0.3, -0.25) is 0 Å². The molecule has 0 spiro atoms. The molecule has 9 atom stereocenters. The van der Waals surface area contributed by atoms with Gasteiger partial charge in [-0.2, -0.15) is 25.7 Å². The predicted molar refractivity (Wildman–Crippen MR) is 509 cm³/mol. The topological polar surface area (TPSA) is 599 Å². The normalized spacial score (nSPS) is 10.8. The Morgan fingerprint density at radius 2 is 0.465 bits per heavy atom. The van der Waals surface area contributed by atoms with Crippen LogP contribution in [0.4, 0.5) is 0 Å². The van der Waals surface area contributed by atoms with Crippen molar-refractivity contribution in [1.82, 2.24) is 0 Å². The second-order valence-electron chi connectivity index (χ2n) is 25.5. The van der Waals surface area contributed by atoms with Crippen molar-refractivity contribution in [1.29, 1.82) is 0 Å². The van der Waals surface area contributed by atoms with Crippen LogP contribution in [-0.2, 0) is 181 Å². The fraction of sp³-hybridized carbons (Fsp3) is 0.932. The minimum Gasteiger partial charge on any atom is -0.480 e. The molecular weight excluding hydrogens is 2060 g/mol. The zero-order valence-corrected chi connectivity index (χ0v) is 94.9. The quantitative estimate of drug-likeness (QED) is 0.0116. The molecule has 0 rings (SSSR count). The number of carbonyl (C=O) groups is 1. The average molecular weight is 2240 g/mol. The number of aliphatic hydroxyl groups is 4. The van der Waals surface area contributed by atoms with Gasteiger partial charge in [-0.05, 0) is 67.0 Å². The molecule has 0 aromatic rings. The molecule has 0 bridgehead atoms. The molecule has 0 heterocycles. The summed E-state index contributed by atoms with van der Waals surface area (Å²) in [7, 11) is -35.6. The summed E-state index contributed by atoms with van der Waals surface area (Å²) in [4.78, 5) is 89.7. The number of hydrogen-bond acceptors (Lipinski definition) is 26. The van der Waals surface area contributed by atoms with Crippen molar-refractivity contribution in [2.45, 2.75) is 379 Å². The van der Waals surface area contributed by atoms with E-state index in [-0.39, 0.29) is 128 Å². The van der Waals surface area contributed by atoms with E-state index in [1.165, 1.54) is 277 Å². The fourth-order valence-corrected chi connectivity index (χ4v) is 14.3. The molecule has 0 aromatic carbocycles. The molecule has 0 saturated carbocycles. The summed E-state index contributed by atoms with van der Waals surface area (Å²) in [5.74, 6) is -1.19. The molecule has 0 aliphatic rings. The van der Waals surface area contributed by atoms with E-state index in [0.717, 1.165) is 58.5 Å². The summed E-state index contributed by atoms with van der Waals surface area (Å²) in [6.07, 6.45) is 61.0. The Kier molecular flexibility index (Phi) is 226. The summed E-state index contributed by atoms with van der Waals surface area (Å²) in [6, 6.07) is 0. The van der Waals surface area contributed by atoms with Gasteiger partial charge in [0, 0.05) is 85.0 Å². The van der Waals surface area contributed by atoms with Crippen molar-refractivity contribution >= 4 is 111 Å². The van der Waals surface area contributed by atoms with Crippen molar-refractivity contribution in [3.8, 4) is 0 Å². The van der Waals surface area contributed by atoms with Crippen LogP contribution in [0.2, 0.25) is 0 Å². The molecule has 0 amide bonds. The van der Waals surface area contributed by atoms with Crippen molar-refractivity contribution in [2.75, 3.05) is 73.0 Å². The van der Waals surface area contributed by atoms with Crippen LogP contribution in [0.25, 0.3) is 0 Å². The van der Waals surface area contributed by atoms with Crippen LogP contribution in [0.1, 0.15) is 373 Å².